The van der Waals surface area contributed by atoms with E-state index in [2.05, 4.69) is 15.5 Å². The van der Waals surface area contributed by atoms with Crippen LogP contribution < -0.4 is 5.32 Å². The molecule has 150 valence electrons. The van der Waals surface area contributed by atoms with Crippen molar-refractivity contribution >= 4 is 22.9 Å². The van der Waals surface area contributed by atoms with Crippen LogP contribution in [0.15, 0.2) is 10.6 Å². The summed E-state index contributed by atoms with van der Waals surface area (Å²) in [6.45, 7) is 3.28. The van der Waals surface area contributed by atoms with Gasteiger partial charge < -0.3 is 14.7 Å². The molecule has 1 atom stereocenters. The van der Waals surface area contributed by atoms with Crippen LogP contribution in [-0.2, 0) is 4.79 Å². The Bertz CT molecular complexity index is 885. The maximum Gasteiger partial charge on any atom is 0.259 e. The van der Waals surface area contributed by atoms with Gasteiger partial charge in [0.1, 0.15) is 0 Å². The lowest BCUT2D eigenvalue weighted by Gasteiger charge is -2.35. The molecule has 7 nitrogen and oxygen atoms in total. The Morgan fingerprint density at radius 2 is 1.96 bits per heavy atom. The first-order valence-electron chi connectivity index (χ1n) is 10.4. The molecule has 3 heterocycles. The van der Waals surface area contributed by atoms with Gasteiger partial charge in [0, 0.05) is 37.7 Å². The zero-order valence-corrected chi connectivity index (χ0v) is 16.7. The molecule has 2 amide bonds. The largest absolute Gasteiger partial charge is 0.355 e. The SMILES string of the molecule is CNC(=O)c1cc(C)nc2onc(C3CCCN(C(=O)C4CCCCC4)C3)c12. The van der Waals surface area contributed by atoms with E-state index in [1.807, 2.05) is 11.8 Å². The van der Waals surface area contributed by atoms with Gasteiger partial charge in [0.15, 0.2) is 0 Å². The van der Waals surface area contributed by atoms with Crippen molar-refractivity contribution in [3.8, 4) is 0 Å². The molecule has 1 aliphatic carbocycles. The lowest BCUT2D eigenvalue weighted by atomic mass is 9.86. The summed E-state index contributed by atoms with van der Waals surface area (Å²) in [5.74, 6) is 0.353. The van der Waals surface area contributed by atoms with Crippen LogP contribution in [0.3, 0.4) is 0 Å². The number of amides is 2. The van der Waals surface area contributed by atoms with Gasteiger partial charge in [0.25, 0.3) is 11.6 Å². The average molecular weight is 384 g/mol. The van der Waals surface area contributed by atoms with Crippen LogP contribution in [0.25, 0.3) is 11.1 Å². The first-order valence-corrected chi connectivity index (χ1v) is 10.4. The van der Waals surface area contributed by atoms with Crippen molar-refractivity contribution in [2.75, 3.05) is 20.1 Å². The molecule has 2 aromatic rings. The summed E-state index contributed by atoms with van der Waals surface area (Å²) in [5.41, 5.74) is 2.40. The Balaban J connectivity index is 1.62. The molecule has 1 saturated heterocycles. The first-order chi connectivity index (χ1) is 13.6. The van der Waals surface area contributed by atoms with Gasteiger partial charge in [-0.05, 0) is 38.7 Å². The van der Waals surface area contributed by atoms with Gasteiger partial charge in [-0.1, -0.05) is 24.4 Å². The number of piperidine rings is 1. The van der Waals surface area contributed by atoms with Crippen LogP contribution in [0, 0.1) is 12.8 Å². The van der Waals surface area contributed by atoms with Crippen LogP contribution in [0.4, 0.5) is 0 Å². The molecule has 2 fully saturated rings. The van der Waals surface area contributed by atoms with Crippen molar-refractivity contribution in [3.05, 3.63) is 23.0 Å². The van der Waals surface area contributed by atoms with Crippen molar-refractivity contribution in [3.63, 3.8) is 0 Å². The third kappa shape index (κ3) is 3.50. The summed E-state index contributed by atoms with van der Waals surface area (Å²) < 4.78 is 5.49. The van der Waals surface area contributed by atoms with E-state index in [0.29, 0.717) is 28.9 Å². The molecule has 1 unspecified atom stereocenters. The van der Waals surface area contributed by atoms with E-state index in [9.17, 15) is 9.59 Å². The predicted octanol–water partition coefficient (Wildman–Crippen LogP) is 3.18. The standard InChI is InChI=1S/C21H28N4O3/c1-13-11-16(19(26)22-2)17-18(24-28-20(17)23-13)15-9-6-10-25(12-15)21(27)14-7-4-3-5-8-14/h11,14-15H,3-10,12H2,1-2H3,(H,22,26). The number of likely N-dealkylation sites (tertiary alicyclic amines) is 1. The van der Waals surface area contributed by atoms with E-state index in [1.54, 1.807) is 13.1 Å². The Hall–Kier alpha value is -2.44. The highest BCUT2D eigenvalue weighted by Crippen LogP contribution is 2.34. The summed E-state index contributed by atoms with van der Waals surface area (Å²) in [6.07, 6.45) is 7.44. The fourth-order valence-corrected chi connectivity index (χ4v) is 4.70. The van der Waals surface area contributed by atoms with Gasteiger partial charge in [-0.25, -0.2) is 4.98 Å². The molecule has 0 spiro atoms. The Kier molecular flexibility index (Phi) is 5.33. The highest BCUT2D eigenvalue weighted by molar-refractivity contribution is 6.06. The number of pyridine rings is 1. The number of aryl methyl sites for hydroxylation is 1. The van der Waals surface area contributed by atoms with Crippen LogP contribution in [0.2, 0.25) is 0 Å². The first kappa shape index (κ1) is 18.9. The van der Waals surface area contributed by atoms with Gasteiger partial charge in [-0.2, -0.15) is 0 Å². The van der Waals surface area contributed by atoms with Gasteiger partial charge >= 0.3 is 0 Å². The lowest BCUT2D eigenvalue weighted by molar-refractivity contribution is -0.137. The van der Waals surface area contributed by atoms with E-state index < -0.39 is 0 Å². The number of fused-ring (bicyclic) bond motifs is 1. The third-order valence-corrected chi connectivity index (χ3v) is 6.15. The minimum Gasteiger partial charge on any atom is -0.355 e. The Morgan fingerprint density at radius 1 is 1.18 bits per heavy atom. The predicted molar refractivity (Wildman–Crippen MR) is 105 cm³/mol. The highest BCUT2D eigenvalue weighted by atomic mass is 16.5. The molecule has 28 heavy (non-hydrogen) atoms. The van der Waals surface area contributed by atoms with E-state index in [0.717, 1.165) is 50.8 Å². The van der Waals surface area contributed by atoms with E-state index in [-0.39, 0.29) is 23.7 Å². The monoisotopic (exact) mass is 384 g/mol. The molecule has 0 bridgehead atoms. The van der Waals surface area contributed by atoms with Crippen LogP contribution in [0.1, 0.15) is 72.6 Å². The Morgan fingerprint density at radius 3 is 2.71 bits per heavy atom. The van der Waals surface area contributed by atoms with Crippen molar-refractivity contribution in [2.24, 2.45) is 5.92 Å². The third-order valence-electron chi connectivity index (χ3n) is 6.15. The molecule has 4 rings (SSSR count). The molecule has 7 heteroatoms. The van der Waals surface area contributed by atoms with Crippen LogP contribution in [-0.4, -0.2) is 47.0 Å². The molecule has 0 aromatic carbocycles. The molecule has 2 aliphatic rings. The van der Waals surface area contributed by atoms with E-state index in [1.165, 1.54) is 6.42 Å². The van der Waals surface area contributed by atoms with Crippen molar-refractivity contribution < 1.29 is 14.1 Å². The van der Waals surface area contributed by atoms with E-state index >= 15 is 0 Å². The zero-order chi connectivity index (χ0) is 19.7. The number of hydrogen-bond donors (Lipinski definition) is 1. The molecule has 1 aliphatic heterocycles. The molecule has 2 aromatic heterocycles. The smallest absolute Gasteiger partial charge is 0.259 e. The maximum atomic E-state index is 13.0. The second-order valence-corrected chi connectivity index (χ2v) is 8.10. The normalized spacial score (nSPS) is 21.1. The van der Waals surface area contributed by atoms with Gasteiger partial charge in [0.2, 0.25) is 5.91 Å². The summed E-state index contributed by atoms with van der Waals surface area (Å²) in [5, 5.41) is 7.66. The fraction of sp³-hybridized carbons (Fsp3) is 0.619. The summed E-state index contributed by atoms with van der Waals surface area (Å²) >= 11 is 0. The number of carbonyl (C=O) groups is 2. The summed E-state index contributed by atoms with van der Waals surface area (Å²) in [7, 11) is 1.61. The van der Waals surface area contributed by atoms with Crippen molar-refractivity contribution in [2.45, 2.75) is 57.8 Å². The number of nitrogens with one attached hydrogen (secondary N) is 1. The molecular formula is C21H28N4O3. The molecule has 0 radical (unpaired) electrons. The topological polar surface area (TPSA) is 88.3 Å². The summed E-state index contributed by atoms with van der Waals surface area (Å²) in [4.78, 5) is 31.8. The maximum absolute atomic E-state index is 13.0. The average Bonchev–Trinajstić information content (AvgIpc) is 3.16. The fourth-order valence-electron chi connectivity index (χ4n) is 4.70. The minimum atomic E-state index is -0.175. The van der Waals surface area contributed by atoms with Gasteiger partial charge in [0.05, 0.1) is 16.6 Å². The number of aromatic nitrogens is 2. The zero-order valence-electron chi connectivity index (χ0n) is 16.7. The molecular weight excluding hydrogens is 356 g/mol. The van der Waals surface area contributed by atoms with Crippen molar-refractivity contribution in [1.29, 1.82) is 0 Å². The number of hydrogen-bond acceptors (Lipinski definition) is 5. The van der Waals surface area contributed by atoms with Gasteiger partial charge in [-0.15, -0.1) is 0 Å². The molecule has 1 N–H and O–H groups in total. The second kappa shape index (κ2) is 7.89. The quantitative estimate of drug-likeness (QED) is 0.878. The van der Waals surface area contributed by atoms with Crippen LogP contribution in [0.5, 0.6) is 0 Å². The van der Waals surface area contributed by atoms with Crippen LogP contribution >= 0.6 is 0 Å². The number of nitrogens with zero attached hydrogens (tertiary/aromatic N) is 3. The lowest BCUT2D eigenvalue weighted by Crippen LogP contribution is -2.43. The number of rotatable bonds is 3. The Labute approximate surface area is 164 Å². The van der Waals surface area contributed by atoms with Crippen molar-refractivity contribution in [1.82, 2.24) is 20.4 Å². The minimum absolute atomic E-state index is 0.0652. The van der Waals surface area contributed by atoms with Gasteiger partial charge in [-0.3, -0.25) is 9.59 Å². The number of carbonyl (C=O) groups excluding carboxylic acids is 2. The molecule has 1 saturated carbocycles. The highest BCUT2D eigenvalue weighted by Gasteiger charge is 2.33. The van der Waals surface area contributed by atoms with E-state index in [4.69, 9.17) is 4.52 Å². The second-order valence-electron chi connectivity index (χ2n) is 8.10. The summed E-state index contributed by atoms with van der Waals surface area (Å²) in [6, 6.07) is 1.77.